The summed E-state index contributed by atoms with van der Waals surface area (Å²) in [7, 11) is 0. The van der Waals surface area contributed by atoms with E-state index in [1.54, 1.807) is 0 Å². The third kappa shape index (κ3) is 8.49. The smallest absolute Gasteiger partial charge is 0.133 e. The van der Waals surface area contributed by atoms with Gasteiger partial charge >= 0.3 is 0 Å². The SMILES string of the molecule is C.C.C=C1CCC[C@@H](C)C1.C[C@@H]1CCCC(=O)C1. The Bertz CT molecular complexity index is 216. The van der Waals surface area contributed by atoms with Gasteiger partial charge in [-0.2, -0.15) is 0 Å². The third-order valence-corrected chi connectivity index (χ3v) is 3.59. The molecule has 0 radical (unpaired) electrons. The molecule has 0 aromatic carbocycles. The van der Waals surface area contributed by atoms with E-state index in [1.807, 2.05) is 0 Å². The summed E-state index contributed by atoms with van der Waals surface area (Å²) in [5, 5.41) is 0. The van der Waals surface area contributed by atoms with Gasteiger partial charge in [-0.15, -0.1) is 0 Å². The van der Waals surface area contributed by atoms with Crippen LogP contribution in [0.1, 0.15) is 80.1 Å². The zero-order chi connectivity index (χ0) is 12.0. The lowest BCUT2D eigenvalue weighted by Gasteiger charge is -2.18. The molecule has 1 nitrogen and oxygen atoms in total. The van der Waals surface area contributed by atoms with Gasteiger partial charge in [-0.1, -0.05) is 47.3 Å². The summed E-state index contributed by atoms with van der Waals surface area (Å²) < 4.78 is 0. The molecule has 0 saturated heterocycles. The van der Waals surface area contributed by atoms with Gasteiger partial charge in [0.25, 0.3) is 0 Å². The number of carbonyl (C=O) groups excluding carboxylic acids is 1. The van der Waals surface area contributed by atoms with Crippen molar-refractivity contribution >= 4 is 5.78 Å². The molecule has 2 rings (SSSR count). The Labute approximate surface area is 115 Å². The Hall–Kier alpha value is -0.590. The summed E-state index contributed by atoms with van der Waals surface area (Å²) in [5.74, 6) is 2.04. The second kappa shape index (κ2) is 10.3. The van der Waals surface area contributed by atoms with Crippen molar-refractivity contribution in [1.29, 1.82) is 0 Å². The predicted octanol–water partition coefficient (Wildman–Crippen LogP) is 5.79. The first-order valence-corrected chi connectivity index (χ1v) is 6.76. The van der Waals surface area contributed by atoms with Gasteiger partial charge in [0.1, 0.15) is 5.78 Å². The number of hydrogen-bond donors (Lipinski definition) is 0. The molecule has 0 amide bonds. The lowest BCUT2D eigenvalue weighted by atomic mass is 9.88. The fraction of sp³-hybridized carbons (Fsp3) is 0.824. The fourth-order valence-electron chi connectivity index (χ4n) is 2.64. The van der Waals surface area contributed by atoms with Crippen molar-refractivity contribution in [3.63, 3.8) is 0 Å². The highest BCUT2D eigenvalue weighted by Gasteiger charge is 2.14. The maximum atomic E-state index is 10.7. The summed E-state index contributed by atoms with van der Waals surface area (Å²) in [6.45, 7) is 8.42. The molecule has 0 bridgehead atoms. The van der Waals surface area contributed by atoms with Crippen LogP contribution in [0.3, 0.4) is 0 Å². The number of hydrogen-bond acceptors (Lipinski definition) is 1. The molecule has 0 aromatic rings. The fourth-order valence-corrected chi connectivity index (χ4v) is 2.64. The summed E-state index contributed by atoms with van der Waals surface area (Å²) in [5.41, 5.74) is 1.46. The lowest BCUT2D eigenvalue weighted by molar-refractivity contribution is -0.121. The Balaban J connectivity index is 0. The zero-order valence-corrected chi connectivity index (χ0v) is 10.9. The second-order valence-corrected chi connectivity index (χ2v) is 5.69. The number of rotatable bonds is 0. The van der Waals surface area contributed by atoms with Crippen LogP contribution < -0.4 is 0 Å². The van der Waals surface area contributed by atoms with Crippen LogP contribution in [0.5, 0.6) is 0 Å². The van der Waals surface area contributed by atoms with Gasteiger partial charge in [0.15, 0.2) is 0 Å². The molecule has 2 aliphatic carbocycles. The molecule has 0 spiro atoms. The molecule has 18 heavy (non-hydrogen) atoms. The van der Waals surface area contributed by atoms with Crippen LogP contribution in [0.15, 0.2) is 12.2 Å². The Morgan fingerprint density at radius 1 is 0.944 bits per heavy atom. The topological polar surface area (TPSA) is 17.1 Å². The van der Waals surface area contributed by atoms with Crippen molar-refractivity contribution in [2.75, 3.05) is 0 Å². The molecule has 2 atom stereocenters. The molecule has 2 aliphatic rings. The molecule has 0 unspecified atom stereocenters. The molecule has 0 aromatic heterocycles. The standard InChI is InChI=1S/C8H14.C7H12O.2CH4/c1-7-4-3-5-8(2)6-7;1-6-3-2-4-7(8)5-6;;/h8H,1,3-6H2,2H3;6H,2-5H2,1H3;2*1H4/t8-;6-;;/m11../s1. The van der Waals surface area contributed by atoms with Crippen molar-refractivity contribution in [2.24, 2.45) is 11.8 Å². The van der Waals surface area contributed by atoms with Crippen LogP contribution in [0.25, 0.3) is 0 Å². The minimum atomic E-state index is 0. The molecule has 0 N–H and O–H groups in total. The number of carbonyl (C=O) groups is 1. The van der Waals surface area contributed by atoms with E-state index < -0.39 is 0 Å². The van der Waals surface area contributed by atoms with Gasteiger partial charge in [0, 0.05) is 12.8 Å². The Kier molecular flexibility index (Phi) is 11.3. The van der Waals surface area contributed by atoms with Gasteiger partial charge in [-0.3, -0.25) is 4.79 Å². The monoisotopic (exact) mass is 254 g/mol. The van der Waals surface area contributed by atoms with E-state index in [4.69, 9.17) is 0 Å². The van der Waals surface area contributed by atoms with Gasteiger partial charge < -0.3 is 0 Å². The largest absolute Gasteiger partial charge is 0.300 e. The van der Waals surface area contributed by atoms with E-state index in [0.29, 0.717) is 11.7 Å². The van der Waals surface area contributed by atoms with Crippen molar-refractivity contribution in [3.8, 4) is 0 Å². The lowest BCUT2D eigenvalue weighted by Crippen LogP contribution is -2.11. The molecule has 0 aliphatic heterocycles. The maximum Gasteiger partial charge on any atom is 0.133 e. The van der Waals surface area contributed by atoms with E-state index in [2.05, 4.69) is 20.4 Å². The van der Waals surface area contributed by atoms with Crippen LogP contribution in [0.4, 0.5) is 0 Å². The normalized spacial score (nSPS) is 27.2. The van der Waals surface area contributed by atoms with Crippen molar-refractivity contribution in [1.82, 2.24) is 0 Å². The van der Waals surface area contributed by atoms with Gasteiger partial charge in [-0.05, 0) is 43.9 Å². The summed E-state index contributed by atoms with van der Waals surface area (Å²) in [4.78, 5) is 10.7. The van der Waals surface area contributed by atoms with Crippen molar-refractivity contribution < 1.29 is 4.79 Å². The molecule has 1 heteroatoms. The summed E-state index contributed by atoms with van der Waals surface area (Å²) in [6.07, 6.45) is 9.40. The number of allylic oxidation sites excluding steroid dienone is 1. The van der Waals surface area contributed by atoms with E-state index in [9.17, 15) is 4.79 Å². The summed E-state index contributed by atoms with van der Waals surface area (Å²) >= 11 is 0. The van der Waals surface area contributed by atoms with E-state index >= 15 is 0 Å². The quantitative estimate of drug-likeness (QED) is 0.500. The first-order chi connectivity index (χ1) is 7.58. The van der Waals surface area contributed by atoms with Crippen molar-refractivity contribution in [3.05, 3.63) is 12.2 Å². The van der Waals surface area contributed by atoms with Crippen molar-refractivity contribution in [2.45, 2.75) is 80.1 Å². The predicted molar refractivity (Wildman–Crippen MR) is 82.9 cm³/mol. The molecular weight excluding hydrogens is 220 g/mol. The van der Waals surface area contributed by atoms with E-state index in [-0.39, 0.29) is 14.9 Å². The minimum Gasteiger partial charge on any atom is -0.300 e. The molecule has 108 valence electrons. The molecule has 0 heterocycles. The molecule has 2 saturated carbocycles. The zero-order valence-electron chi connectivity index (χ0n) is 10.9. The third-order valence-electron chi connectivity index (χ3n) is 3.59. The van der Waals surface area contributed by atoms with E-state index in [1.165, 1.54) is 37.7 Å². The average molecular weight is 254 g/mol. The summed E-state index contributed by atoms with van der Waals surface area (Å²) in [6, 6.07) is 0. The van der Waals surface area contributed by atoms with Crippen LogP contribution in [0, 0.1) is 11.8 Å². The minimum absolute atomic E-state index is 0. The Morgan fingerprint density at radius 2 is 1.44 bits per heavy atom. The second-order valence-electron chi connectivity index (χ2n) is 5.69. The maximum absolute atomic E-state index is 10.7. The number of ketones is 1. The van der Waals surface area contributed by atoms with Gasteiger partial charge in [0.2, 0.25) is 0 Å². The highest BCUT2D eigenvalue weighted by atomic mass is 16.1. The average Bonchev–Trinajstić information content (AvgIpc) is 2.17. The first kappa shape index (κ1) is 19.7. The van der Waals surface area contributed by atoms with Crippen LogP contribution in [-0.2, 0) is 4.79 Å². The highest BCUT2D eigenvalue weighted by Crippen LogP contribution is 2.26. The van der Waals surface area contributed by atoms with Gasteiger partial charge in [-0.25, -0.2) is 0 Å². The first-order valence-electron chi connectivity index (χ1n) is 6.76. The van der Waals surface area contributed by atoms with Gasteiger partial charge in [0.05, 0.1) is 0 Å². The Morgan fingerprint density at radius 3 is 1.72 bits per heavy atom. The van der Waals surface area contributed by atoms with Crippen LogP contribution in [0.2, 0.25) is 0 Å². The highest BCUT2D eigenvalue weighted by molar-refractivity contribution is 5.79. The van der Waals surface area contributed by atoms with E-state index in [0.717, 1.165) is 25.2 Å². The van der Waals surface area contributed by atoms with Crippen LogP contribution >= 0.6 is 0 Å². The molecular formula is C17H34O. The van der Waals surface area contributed by atoms with Crippen LogP contribution in [-0.4, -0.2) is 5.78 Å². The molecule has 2 fully saturated rings. The number of Topliss-reactive ketones (excluding diaryl/α,β-unsaturated/α-hetero) is 1.